The van der Waals surface area contributed by atoms with Crippen LogP contribution in [-0.4, -0.2) is 19.0 Å². The van der Waals surface area contributed by atoms with Gasteiger partial charge in [0.2, 0.25) is 0 Å². The molecule has 0 unspecified atom stereocenters. The van der Waals surface area contributed by atoms with Crippen molar-refractivity contribution in [3.05, 3.63) is 34.4 Å². The van der Waals surface area contributed by atoms with Crippen LogP contribution in [0.4, 0.5) is 0 Å². The Hall–Kier alpha value is -1.49. The lowest BCUT2D eigenvalue weighted by molar-refractivity contribution is 0.0600. The van der Waals surface area contributed by atoms with Crippen LogP contribution in [0.25, 0.3) is 0 Å². The van der Waals surface area contributed by atoms with Crippen LogP contribution < -0.4 is 4.72 Å². The first-order valence-electron chi connectivity index (χ1n) is 5.75. The first-order chi connectivity index (χ1) is 8.58. The normalized spacial score (nSPS) is 14.2. The highest BCUT2D eigenvalue weighted by Gasteiger charge is 2.29. The van der Waals surface area contributed by atoms with E-state index in [9.17, 15) is 9.59 Å². The van der Waals surface area contributed by atoms with E-state index in [4.69, 9.17) is 4.74 Å². The topological polar surface area (TPSA) is 55.4 Å². The highest BCUT2D eigenvalue weighted by molar-refractivity contribution is 7.78. The zero-order valence-corrected chi connectivity index (χ0v) is 11.2. The molecule has 1 fully saturated rings. The second-order valence-corrected chi connectivity index (χ2v) is 4.68. The maximum absolute atomic E-state index is 11.8. The van der Waals surface area contributed by atoms with E-state index in [0.717, 1.165) is 24.0 Å². The van der Waals surface area contributed by atoms with Crippen molar-refractivity contribution in [2.24, 2.45) is 0 Å². The molecule has 0 aromatic heterocycles. The summed E-state index contributed by atoms with van der Waals surface area (Å²) in [5.74, 6) is -0.288. The van der Waals surface area contributed by atoms with Crippen LogP contribution in [0.3, 0.4) is 0 Å². The van der Waals surface area contributed by atoms with Crippen molar-refractivity contribution in [3.8, 4) is 0 Å². The Labute approximate surface area is 111 Å². The Morgan fingerprint density at radius 2 is 2.00 bits per heavy atom. The number of rotatable bonds is 3. The lowest BCUT2D eigenvalue weighted by Gasteiger charge is -2.12. The molecule has 0 spiro atoms. The minimum absolute atomic E-state index is 0.287. The zero-order chi connectivity index (χ0) is 13.3. The number of thiol groups is 1. The van der Waals surface area contributed by atoms with E-state index in [1.807, 2.05) is 13.0 Å². The van der Waals surface area contributed by atoms with Crippen LogP contribution in [0.5, 0.6) is 0 Å². The fourth-order valence-electron chi connectivity index (χ4n) is 2.05. The number of nitrogens with one attached hydrogen (secondary N) is 1. The van der Waals surface area contributed by atoms with Gasteiger partial charge in [0.05, 0.1) is 12.7 Å². The van der Waals surface area contributed by atoms with Crippen LogP contribution in [0.2, 0.25) is 0 Å². The average Bonchev–Trinajstić information content (AvgIpc) is 3.20. The molecule has 4 nitrogen and oxygen atoms in total. The fraction of sp³-hybridized carbons (Fsp3) is 0.385. The van der Waals surface area contributed by atoms with Crippen molar-refractivity contribution in [2.75, 3.05) is 7.11 Å². The van der Waals surface area contributed by atoms with Gasteiger partial charge >= 0.3 is 5.97 Å². The Kier molecular flexibility index (Phi) is 3.61. The van der Waals surface area contributed by atoms with Crippen LogP contribution in [0, 0.1) is 6.92 Å². The molecule has 1 amide bonds. The predicted octanol–water partition coefficient (Wildman–Crippen LogP) is 2.23. The number of methoxy groups -OCH3 is 1. The van der Waals surface area contributed by atoms with Crippen LogP contribution in [-0.2, 0) is 4.74 Å². The van der Waals surface area contributed by atoms with Crippen molar-refractivity contribution in [1.29, 1.82) is 0 Å². The minimum atomic E-state index is -0.428. The van der Waals surface area contributed by atoms with Gasteiger partial charge in [-0.05, 0) is 42.9 Å². The molecule has 2 rings (SSSR count). The van der Waals surface area contributed by atoms with Gasteiger partial charge in [-0.15, -0.1) is 0 Å². The largest absolute Gasteiger partial charge is 0.465 e. The van der Waals surface area contributed by atoms with E-state index in [2.05, 4.69) is 17.5 Å². The molecule has 1 aliphatic rings. The van der Waals surface area contributed by atoms with Gasteiger partial charge in [0.25, 0.3) is 5.91 Å². The number of amides is 1. The van der Waals surface area contributed by atoms with Crippen molar-refractivity contribution in [1.82, 2.24) is 4.72 Å². The summed E-state index contributed by atoms with van der Waals surface area (Å²) in [5, 5.41) is 0. The molecular weight excluding hydrogens is 250 g/mol. The molecule has 0 saturated heterocycles. The van der Waals surface area contributed by atoms with E-state index in [-0.39, 0.29) is 5.91 Å². The summed E-state index contributed by atoms with van der Waals surface area (Å²) >= 11 is 3.78. The molecule has 0 heterocycles. The Bertz CT molecular complexity index is 509. The molecule has 0 radical (unpaired) electrons. The monoisotopic (exact) mass is 265 g/mol. The highest BCUT2D eigenvalue weighted by atomic mass is 32.1. The summed E-state index contributed by atoms with van der Waals surface area (Å²) < 4.78 is 7.02. The standard InChI is InChI=1S/C13H15NO3S/c1-7-5-10(8-3-4-8)11(12(15)14-18)6-9(7)13(16)17-2/h5-6,8,18H,3-4H2,1-2H3,(H,14,15). The van der Waals surface area contributed by atoms with E-state index in [0.29, 0.717) is 17.0 Å². The zero-order valence-electron chi connectivity index (χ0n) is 10.3. The van der Waals surface area contributed by atoms with Gasteiger partial charge in [0.1, 0.15) is 0 Å². The lowest BCUT2D eigenvalue weighted by Crippen LogP contribution is -2.17. The summed E-state index contributed by atoms with van der Waals surface area (Å²) in [6, 6.07) is 3.50. The first kappa shape index (κ1) is 13.0. The summed E-state index contributed by atoms with van der Waals surface area (Å²) in [4.78, 5) is 23.4. The van der Waals surface area contributed by atoms with Gasteiger partial charge in [-0.1, -0.05) is 18.9 Å². The number of hydrogen-bond donors (Lipinski definition) is 2. The number of hydrogen-bond acceptors (Lipinski definition) is 4. The third-order valence-electron chi connectivity index (χ3n) is 3.17. The van der Waals surface area contributed by atoms with Gasteiger partial charge in [0, 0.05) is 5.56 Å². The van der Waals surface area contributed by atoms with E-state index in [1.54, 1.807) is 6.07 Å². The number of benzene rings is 1. The Morgan fingerprint density at radius 1 is 1.33 bits per heavy atom. The average molecular weight is 265 g/mol. The predicted molar refractivity (Wildman–Crippen MR) is 70.9 cm³/mol. The van der Waals surface area contributed by atoms with Gasteiger partial charge in [-0.3, -0.25) is 9.52 Å². The second kappa shape index (κ2) is 5.02. The van der Waals surface area contributed by atoms with Crippen molar-refractivity contribution in [2.45, 2.75) is 25.7 Å². The van der Waals surface area contributed by atoms with Gasteiger partial charge < -0.3 is 4.74 Å². The maximum atomic E-state index is 11.8. The highest BCUT2D eigenvalue weighted by Crippen LogP contribution is 2.42. The molecule has 5 heteroatoms. The van der Waals surface area contributed by atoms with Crippen molar-refractivity contribution >= 4 is 24.7 Å². The van der Waals surface area contributed by atoms with Crippen LogP contribution >= 0.6 is 12.8 Å². The number of aryl methyl sites for hydroxylation is 1. The quantitative estimate of drug-likeness (QED) is 0.651. The molecule has 1 aromatic rings. The van der Waals surface area contributed by atoms with E-state index in [1.165, 1.54) is 7.11 Å². The smallest absolute Gasteiger partial charge is 0.338 e. The van der Waals surface area contributed by atoms with Gasteiger partial charge in [-0.25, -0.2) is 4.79 Å². The van der Waals surface area contributed by atoms with Crippen molar-refractivity contribution in [3.63, 3.8) is 0 Å². The van der Waals surface area contributed by atoms with Gasteiger partial charge in [0.15, 0.2) is 0 Å². The summed E-state index contributed by atoms with van der Waals surface area (Å²) in [6.07, 6.45) is 2.17. The molecule has 1 N–H and O–H groups in total. The molecule has 1 saturated carbocycles. The number of ether oxygens (including phenoxy) is 1. The molecule has 0 atom stereocenters. The maximum Gasteiger partial charge on any atom is 0.338 e. The summed E-state index contributed by atoms with van der Waals surface area (Å²) in [7, 11) is 1.33. The molecule has 1 aromatic carbocycles. The van der Waals surface area contributed by atoms with E-state index < -0.39 is 5.97 Å². The fourth-order valence-corrected chi connectivity index (χ4v) is 2.17. The number of carbonyl (C=O) groups is 2. The summed E-state index contributed by atoms with van der Waals surface area (Å²) in [5.41, 5.74) is 2.76. The Balaban J connectivity index is 2.52. The Morgan fingerprint density at radius 3 is 2.50 bits per heavy atom. The minimum Gasteiger partial charge on any atom is -0.465 e. The molecular formula is C13H15NO3S. The molecule has 1 aliphatic carbocycles. The number of esters is 1. The lowest BCUT2D eigenvalue weighted by atomic mass is 9.96. The molecule has 0 bridgehead atoms. The second-order valence-electron chi connectivity index (χ2n) is 4.46. The molecule has 18 heavy (non-hydrogen) atoms. The number of carbonyl (C=O) groups excluding carboxylic acids is 2. The molecule has 0 aliphatic heterocycles. The third-order valence-corrected chi connectivity index (χ3v) is 3.37. The van der Waals surface area contributed by atoms with Crippen LogP contribution in [0.1, 0.15) is 50.6 Å². The first-order valence-corrected chi connectivity index (χ1v) is 6.20. The summed E-state index contributed by atoms with van der Waals surface area (Å²) in [6.45, 7) is 1.85. The van der Waals surface area contributed by atoms with E-state index >= 15 is 0 Å². The van der Waals surface area contributed by atoms with Crippen molar-refractivity contribution < 1.29 is 14.3 Å². The third kappa shape index (κ3) is 2.36. The molecule has 96 valence electrons. The van der Waals surface area contributed by atoms with Crippen LogP contribution in [0.15, 0.2) is 12.1 Å². The van der Waals surface area contributed by atoms with Gasteiger partial charge in [-0.2, -0.15) is 0 Å². The SMILES string of the molecule is COC(=O)c1cc(C(=O)NS)c(C2CC2)cc1C.